The van der Waals surface area contributed by atoms with Crippen LogP contribution in [0.25, 0.3) is 6.08 Å². The van der Waals surface area contributed by atoms with Crippen molar-refractivity contribution in [2.75, 3.05) is 27.2 Å². The molecule has 0 unspecified atom stereocenters. The Balaban J connectivity index is 2.07. The van der Waals surface area contributed by atoms with Gasteiger partial charge in [-0.05, 0) is 50.8 Å². The SMILES string of the molecule is CN(C)CCCNC(=O)C(=CC=Cc1ccccc1)NC(=O)c1ccccc1. The van der Waals surface area contributed by atoms with Gasteiger partial charge in [0.1, 0.15) is 5.70 Å². The number of hydrogen-bond donors (Lipinski definition) is 2. The average molecular weight is 377 g/mol. The predicted molar refractivity (Wildman–Crippen MR) is 114 cm³/mol. The number of carbonyl (C=O) groups is 2. The van der Waals surface area contributed by atoms with E-state index in [1.165, 1.54) is 0 Å². The van der Waals surface area contributed by atoms with E-state index in [4.69, 9.17) is 0 Å². The van der Waals surface area contributed by atoms with Gasteiger partial charge in [-0.1, -0.05) is 60.7 Å². The maximum absolute atomic E-state index is 12.6. The molecule has 0 bridgehead atoms. The van der Waals surface area contributed by atoms with Crippen molar-refractivity contribution in [2.24, 2.45) is 0 Å². The first kappa shape index (κ1) is 21.1. The molecule has 0 saturated heterocycles. The molecule has 0 aliphatic rings. The number of hydrogen-bond acceptors (Lipinski definition) is 3. The summed E-state index contributed by atoms with van der Waals surface area (Å²) >= 11 is 0. The van der Waals surface area contributed by atoms with E-state index in [1.807, 2.05) is 56.6 Å². The molecule has 2 aromatic carbocycles. The summed E-state index contributed by atoms with van der Waals surface area (Å²) in [6.07, 6.45) is 6.09. The van der Waals surface area contributed by atoms with Crippen molar-refractivity contribution in [3.63, 3.8) is 0 Å². The zero-order chi connectivity index (χ0) is 20.2. The third-order valence-corrected chi connectivity index (χ3v) is 3.95. The van der Waals surface area contributed by atoms with E-state index in [9.17, 15) is 9.59 Å². The van der Waals surface area contributed by atoms with Crippen molar-refractivity contribution in [3.8, 4) is 0 Å². The molecule has 0 saturated carbocycles. The smallest absolute Gasteiger partial charge is 0.267 e. The van der Waals surface area contributed by atoms with Gasteiger partial charge in [-0.3, -0.25) is 9.59 Å². The molecule has 0 aliphatic heterocycles. The van der Waals surface area contributed by atoms with Crippen molar-refractivity contribution < 1.29 is 9.59 Å². The minimum atomic E-state index is -0.316. The molecule has 28 heavy (non-hydrogen) atoms. The molecular formula is C23H27N3O2. The van der Waals surface area contributed by atoms with E-state index in [2.05, 4.69) is 15.5 Å². The lowest BCUT2D eigenvalue weighted by molar-refractivity contribution is -0.117. The fraction of sp³-hybridized carbons (Fsp3) is 0.217. The highest BCUT2D eigenvalue weighted by Crippen LogP contribution is 2.04. The average Bonchev–Trinajstić information content (AvgIpc) is 2.71. The summed E-state index contributed by atoms with van der Waals surface area (Å²) in [7, 11) is 3.98. The maximum atomic E-state index is 12.6. The Labute approximate surface area is 166 Å². The number of allylic oxidation sites excluding steroid dienone is 2. The Morgan fingerprint density at radius 3 is 2.25 bits per heavy atom. The summed E-state index contributed by atoms with van der Waals surface area (Å²) in [6, 6.07) is 18.6. The second-order valence-corrected chi connectivity index (χ2v) is 6.58. The van der Waals surface area contributed by atoms with E-state index >= 15 is 0 Å². The van der Waals surface area contributed by atoms with Gasteiger partial charge in [0.15, 0.2) is 0 Å². The molecule has 0 heterocycles. The first-order chi connectivity index (χ1) is 13.6. The zero-order valence-electron chi connectivity index (χ0n) is 16.4. The number of nitrogens with one attached hydrogen (secondary N) is 2. The second kappa shape index (κ2) is 11.5. The van der Waals surface area contributed by atoms with E-state index in [0.29, 0.717) is 12.1 Å². The first-order valence-electron chi connectivity index (χ1n) is 9.29. The van der Waals surface area contributed by atoms with E-state index < -0.39 is 0 Å². The minimum absolute atomic E-state index is 0.214. The van der Waals surface area contributed by atoms with Crippen LogP contribution in [0.5, 0.6) is 0 Å². The molecule has 0 atom stereocenters. The summed E-state index contributed by atoms with van der Waals surface area (Å²) in [6.45, 7) is 1.42. The van der Waals surface area contributed by atoms with Crippen LogP contribution in [0, 0.1) is 0 Å². The number of rotatable bonds is 9. The summed E-state index contributed by atoms with van der Waals surface area (Å²) in [4.78, 5) is 27.1. The lowest BCUT2D eigenvalue weighted by Gasteiger charge is -2.12. The van der Waals surface area contributed by atoms with Crippen LogP contribution in [0.2, 0.25) is 0 Å². The molecule has 0 fully saturated rings. The summed E-state index contributed by atoms with van der Waals surface area (Å²) in [5.41, 5.74) is 1.73. The fourth-order valence-electron chi connectivity index (χ4n) is 2.47. The van der Waals surface area contributed by atoms with Gasteiger partial charge in [0, 0.05) is 12.1 Å². The molecule has 0 radical (unpaired) electrons. The van der Waals surface area contributed by atoms with Crippen molar-refractivity contribution in [2.45, 2.75) is 6.42 Å². The normalized spacial score (nSPS) is 11.6. The van der Waals surface area contributed by atoms with E-state index in [-0.39, 0.29) is 17.5 Å². The largest absolute Gasteiger partial charge is 0.351 e. The monoisotopic (exact) mass is 377 g/mol. The standard InChI is InChI=1S/C23H27N3O2/c1-26(2)18-10-17-24-23(28)21(16-9-13-19-11-5-3-6-12-19)25-22(27)20-14-7-4-8-15-20/h3-9,11-16H,10,17-18H2,1-2H3,(H,24,28)(H,25,27). The van der Waals surface area contributed by atoms with Gasteiger partial charge in [0.05, 0.1) is 0 Å². The highest BCUT2D eigenvalue weighted by molar-refractivity contribution is 6.03. The molecule has 0 spiro atoms. The highest BCUT2D eigenvalue weighted by Gasteiger charge is 2.13. The molecule has 2 N–H and O–H groups in total. The van der Waals surface area contributed by atoms with Crippen molar-refractivity contribution in [1.82, 2.24) is 15.5 Å². The summed E-state index contributed by atoms with van der Waals surface area (Å²) in [5, 5.41) is 5.58. The lowest BCUT2D eigenvalue weighted by Crippen LogP contribution is -2.36. The van der Waals surface area contributed by atoms with Crippen molar-refractivity contribution in [3.05, 3.63) is 89.6 Å². The molecule has 2 aromatic rings. The summed E-state index contributed by atoms with van der Waals surface area (Å²) in [5.74, 6) is -0.621. The van der Waals surface area contributed by atoms with Gasteiger partial charge in [-0.25, -0.2) is 0 Å². The summed E-state index contributed by atoms with van der Waals surface area (Å²) < 4.78 is 0. The molecule has 5 nitrogen and oxygen atoms in total. The van der Waals surface area contributed by atoms with Crippen LogP contribution < -0.4 is 10.6 Å². The van der Waals surface area contributed by atoms with Crippen LogP contribution in [0.3, 0.4) is 0 Å². The van der Waals surface area contributed by atoms with Crippen LogP contribution in [0.15, 0.2) is 78.5 Å². The Hall–Kier alpha value is -3.18. The van der Waals surface area contributed by atoms with Gasteiger partial charge in [-0.15, -0.1) is 0 Å². The van der Waals surface area contributed by atoms with Crippen LogP contribution in [0.1, 0.15) is 22.3 Å². The molecular weight excluding hydrogens is 350 g/mol. The topological polar surface area (TPSA) is 61.4 Å². The Morgan fingerprint density at radius 1 is 0.964 bits per heavy atom. The molecule has 146 valence electrons. The second-order valence-electron chi connectivity index (χ2n) is 6.58. The Bertz CT molecular complexity index is 812. The van der Waals surface area contributed by atoms with E-state index in [1.54, 1.807) is 36.4 Å². The molecule has 0 aromatic heterocycles. The molecule has 2 amide bonds. The number of amides is 2. The number of nitrogens with zero attached hydrogens (tertiary/aromatic N) is 1. The van der Waals surface area contributed by atoms with Gasteiger partial charge in [0.2, 0.25) is 0 Å². The van der Waals surface area contributed by atoms with Crippen LogP contribution in [-0.4, -0.2) is 43.9 Å². The highest BCUT2D eigenvalue weighted by atomic mass is 16.2. The lowest BCUT2D eigenvalue weighted by atomic mass is 10.2. The van der Waals surface area contributed by atoms with E-state index in [0.717, 1.165) is 18.5 Å². The quantitative estimate of drug-likeness (QED) is 0.401. The molecule has 2 rings (SSSR count). The van der Waals surface area contributed by atoms with Crippen molar-refractivity contribution in [1.29, 1.82) is 0 Å². The maximum Gasteiger partial charge on any atom is 0.267 e. The van der Waals surface area contributed by atoms with Gasteiger partial charge >= 0.3 is 0 Å². The third kappa shape index (κ3) is 7.60. The van der Waals surface area contributed by atoms with Crippen molar-refractivity contribution >= 4 is 17.9 Å². The Kier molecular flexibility index (Phi) is 8.69. The zero-order valence-corrected chi connectivity index (χ0v) is 16.4. The minimum Gasteiger partial charge on any atom is -0.351 e. The first-order valence-corrected chi connectivity index (χ1v) is 9.29. The molecule has 0 aliphatic carbocycles. The van der Waals surface area contributed by atoms with Crippen LogP contribution in [0.4, 0.5) is 0 Å². The van der Waals surface area contributed by atoms with Gasteiger partial charge < -0.3 is 15.5 Å². The van der Waals surface area contributed by atoms with Gasteiger partial charge in [0.25, 0.3) is 11.8 Å². The Morgan fingerprint density at radius 2 is 1.61 bits per heavy atom. The fourth-order valence-corrected chi connectivity index (χ4v) is 2.47. The number of carbonyl (C=O) groups excluding carboxylic acids is 2. The van der Waals surface area contributed by atoms with Gasteiger partial charge in [-0.2, -0.15) is 0 Å². The van der Waals surface area contributed by atoms with Crippen LogP contribution in [-0.2, 0) is 4.79 Å². The molecule has 5 heteroatoms. The number of benzene rings is 2. The van der Waals surface area contributed by atoms with Crippen LogP contribution >= 0.6 is 0 Å². The predicted octanol–water partition coefficient (Wildman–Crippen LogP) is 3.08. The third-order valence-electron chi connectivity index (χ3n) is 3.95.